The molecule has 0 unspecified atom stereocenters. The molecule has 88 valence electrons. The van der Waals surface area contributed by atoms with E-state index in [-0.39, 0.29) is 11.8 Å². The van der Waals surface area contributed by atoms with Crippen molar-refractivity contribution >= 4 is 23.2 Å². The first-order valence-electron chi connectivity index (χ1n) is 5.25. The summed E-state index contributed by atoms with van der Waals surface area (Å²) in [6.45, 7) is 5.70. The monoisotopic (exact) mass is 240 g/mol. The Morgan fingerprint density at radius 2 is 2.06 bits per heavy atom. The minimum absolute atomic E-state index is 0.0998. The van der Waals surface area contributed by atoms with E-state index >= 15 is 0 Å². The highest BCUT2D eigenvalue weighted by Crippen LogP contribution is 2.25. The van der Waals surface area contributed by atoms with Crippen molar-refractivity contribution in [1.29, 1.82) is 0 Å². The number of halogens is 1. The molecule has 0 aliphatic carbocycles. The molecular formula is C12H17ClN2O. The average Bonchev–Trinajstić information content (AvgIpc) is 2.22. The molecule has 0 aromatic heterocycles. The van der Waals surface area contributed by atoms with E-state index in [0.29, 0.717) is 10.7 Å². The third-order valence-electron chi connectivity index (χ3n) is 2.49. The lowest BCUT2D eigenvalue weighted by molar-refractivity contribution is -0.118. The lowest BCUT2D eigenvalue weighted by Crippen LogP contribution is -2.39. The Bertz CT molecular complexity index is 370. The van der Waals surface area contributed by atoms with E-state index in [4.69, 9.17) is 17.3 Å². The highest BCUT2D eigenvalue weighted by molar-refractivity contribution is 6.34. The zero-order valence-corrected chi connectivity index (χ0v) is 10.5. The predicted octanol–water partition coefficient (Wildman–Crippen LogP) is 2.57. The normalized spacial score (nSPS) is 12.6. The summed E-state index contributed by atoms with van der Waals surface area (Å²) in [7, 11) is 0. The van der Waals surface area contributed by atoms with E-state index in [1.54, 1.807) is 6.07 Å². The molecule has 1 aromatic carbocycles. The van der Waals surface area contributed by atoms with Crippen LogP contribution in [-0.4, -0.2) is 11.9 Å². The molecular weight excluding hydrogens is 224 g/mol. The smallest absolute Gasteiger partial charge is 0.241 e. The topological polar surface area (TPSA) is 55.1 Å². The van der Waals surface area contributed by atoms with Crippen molar-refractivity contribution in [1.82, 2.24) is 0 Å². The maximum absolute atomic E-state index is 11.8. The summed E-state index contributed by atoms with van der Waals surface area (Å²) in [5, 5.41) is 3.30. The molecule has 4 heteroatoms. The van der Waals surface area contributed by atoms with Gasteiger partial charge in [-0.25, -0.2) is 0 Å². The molecule has 0 saturated heterocycles. The third-order valence-corrected chi connectivity index (χ3v) is 2.81. The minimum atomic E-state index is -0.518. The third kappa shape index (κ3) is 2.97. The number of aryl methyl sites for hydroxylation is 1. The van der Waals surface area contributed by atoms with Crippen LogP contribution in [0.4, 0.5) is 5.69 Å². The molecule has 1 aromatic rings. The van der Waals surface area contributed by atoms with E-state index in [0.717, 1.165) is 5.56 Å². The second-order valence-electron chi connectivity index (χ2n) is 4.19. The van der Waals surface area contributed by atoms with Crippen LogP contribution in [0.2, 0.25) is 5.02 Å². The van der Waals surface area contributed by atoms with Crippen molar-refractivity contribution < 1.29 is 4.79 Å². The summed E-state index contributed by atoms with van der Waals surface area (Å²) < 4.78 is 0. The van der Waals surface area contributed by atoms with E-state index in [2.05, 4.69) is 5.32 Å². The van der Waals surface area contributed by atoms with Gasteiger partial charge in [0.1, 0.15) is 0 Å². The first kappa shape index (κ1) is 13.0. The van der Waals surface area contributed by atoms with Gasteiger partial charge in [-0.15, -0.1) is 0 Å². The van der Waals surface area contributed by atoms with Crippen LogP contribution in [0, 0.1) is 12.8 Å². The lowest BCUT2D eigenvalue weighted by Gasteiger charge is -2.17. The van der Waals surface area contributed by atoms with Gasteiger partial charge in [-0.05, 0) is 24.5 Å². The Morgan fingerprint density at radius 1 is 1.44 bits per heavy atom. The second-order valence-corrected chi connectivity index (χ2v) is 4.60. The lowest BCUT2D eigenvalue weighted by atomic mass is 10.0. The van der Waals surface area contributed by atoms with E-state index in [1.807, 2.05) is 32.9 Å². The molecule has 3 nitrogen and oxygen atoms in total. The number of benzene rings is 1. The first-order valence-corrected chi connectivity index (χ1v) is 5.63. The summed E-state index contributed by atoms with van der Waals surface area (Å²) in [4.78, 5) is 11.8. The van der Waals surface area contributed by atoms with Gasteiger partial charge in [0.05, 0.1) is 16.8 Å². The van der Waals surface area contributed by atoms with Crippen LogP contribution in [-0.2, 0) is 4.79 Å². The number of anilines is 1. The van der Waals surface area contributed by atoms with Crippen molar-refractivity contribution in [3.05, 3.63) is 28.8 Å². The molecule has 1 amide bonds. The molecule has 16 heavy (non-hydrogen) atoms. The van der Waals surface area contributed by atoms with Crippen LogP contribution in [0.3, 0.4) is 0 Å². The number of amides is 1. The highest BCUT2D eigenvalue weighted by Gasteiger charge is 2.18. The Kier molecular flexibility index (Phi) is 4.33. The van der Waals surface area contributed by atoms with Gasteiger partial charge in [-0.2, -0.15) is 0 Å². The highest BCUT2D eigenvalue weighted by atomic mass is 35.5. The van der Waals surface area contributed by atoms with Crippen LogP contribution in [0.25, 0.3) is 0 Å². The number of nitrogens with two attached hydrogens (primary N) is 1. The molecule has 3 N–H and O–H groups in total. The zero-order valence-electron chi connectivity index (χ0n) is 9.75. The van der Waals surface area contributed by atoms with Gasteiger partial charge in [-0.1, -0.05) is 37.6 Å². The van der Waals surface area contributed by atoms with Gasteiger partial charge in [-0.3, -0.25) is 4.79 Å². The maximum Gasteiger partial charge on any atom is 0.241 e. The molecule has 1 rings (SSSR count). The standard InChI is InChI=1S/C12H17ClN2O/c1-7(2)10(14)12(16)15-11-8(3)5-4-6-9(11)13/h4-7,10H,14H2,1-3H3,(H,15,16)/t10-/m1/s1. The summed E-state index contributed by atoms with van der Waals surface area (Å²) in [6.07, 6.45) is 0. The van der Waals surface area contributed by atoms with E-state index in [1.165, 1.54) is 0 Å². The minimum Gasteiger partial charge on any atom is -0.323 e. The molecule has 0 radical (unpaired) electrons. The number of rotatable bonds is 3. The maximum atomic E-state index is 11.8. The Labute approximate surface area is 101 Å². The molecule has 0 fully saturated rings. The first-order chi connectivity index (χ1) is 7.43. The Balaban J connectivity index is 2.85. The van der Waals surface area contributed by atoms with Crippen LogP contribution in [0.15, 0.2) is 18.2 Å². The van der Waals surface area contributed by atoms with Crippen molar-refractivity contribution in [3.63, 3.8) is 0 Å². The summed E-state index contributed by atoms with van der Waals surface area (Å²) in [6, 6.07) is 4.96. The van der Waals surface area contributed by atoms with Gasteiger partial charge in [0.15, 0.2) is 0 Å². The number of carbonyl (C=O) groups is 1. The average molecular weight is 241 g/mol. The zero-order chi connectivity index (χ0) is 12.3. The largest absolute Gasteiger partial charge is 0.323 e. The van der Waals surface area contributed by atoms with Gasteiger partial charge in [0.2, 0.25) is 5.91 Å². The fourth-order valence-corrected chi connectivity index (χ4v) is 1.57. The number of carbonyl (C=O) groups excluding carboxylic acids is 1. The van der Waals surface area contributed by atoms with Gasteiger partial charge in [0.25, 0.3) is 0 Å². The molecule has 0 saturated carbocycles. The van der Waals surface area contributed by atoms with Gasteiger partial charge >= 0.3 is 0 Å². The van der Waals surface area contributed by atoms with Crippen LogP contribution >= 0.6 is 11.6 Å². The van der Waals surface area contributed by atoms with Crippen molar-refractivity contribution in [3.8, 4) is 0 Å². The summed E-state index contributed by atoms with van der Waals surface area (Å²) in [5.41, 5.74) is 7.32. The van der Waals surface area contributed by atoms with E-state index in [9.17, 15) is 4.79 Å². The van der Waals surface area contributed by atoms with Gasteiger partial charge in [0, 0.05) is 0 Å². The van der Waals surface area contributed by atoms with Crippen LogP contribution < -0.4 is 11.1 Å². The molecule has 1 atom stereocenters. The summed E-state index contributed by atoms with van der Waals surface area (Å²) in [5.74, 6) is -0.103. The summed E-state index contributed by atoms with van der Waals surface area (Å²) >= 11 is 6.00. The van der Waals surface area contributed by atoms with Gasteiger partial charge < -0.3 is 11.1 Å². The van der Waals surface area contributed by atoms with Crippen LogP contribution in [0.5, 0.6) is 0 Å². The van der Waals surface area contributed by atoms with Crippen molar-refractivity contribution in [2.45, 2.75) is 26.8 Å². The number of hydrogen-bond acceptors (Lipinski definition) is 2. The Morgan fingerprint density at radius 3 is 2.56 bits per heavy atom. The predicted molar refractivity (Wildman–Crippen MR) is 67.6 cm³/mol. The quantitative estimate of drug-likeness (QED) is 0.853. The van der Waals surface area contributed by atoms with Crippen molar-refractivity contribution in [2.75, 3.05) is 5.32 Å². The SMILES string of the molecule is Cc1cccc(Cl)c1NC(=O)[C@H](N)C(C)C. The molecule has 0 aliphatic heterocycles. The fraction of sp³-hybridized carbons (Fsp3) is 0.417. The molecule has 0 aliphatic rings. The van der Waals surface area contributed by atoms with Crippen molar-refractivity contribution in [2.24, 2.45) is 11.7 Å². The molecule has 0 spiro atoms. The number of hydrogen-bond donors (Lipinski definition) is 2. The van der Waals surface area contributed by atoms with Crippen LogP contribution in [0.1, 0.15) is 19.4 Å². The molecule has 0 heterocycles. The van der Waals surface area contributed by atoms with E-state index < -0.39 is 6.04 Å². The Hall–Kier alpha value is -1.06. The molecule has 0 bridgehead atoms. The number of nitrogens with one attached hydrogen (secondary N) is 1. The number of para-hydroxylation sites is 1. The second kappa shape index (κ2) is 5.32. The fourth-order valence-electron chi connectivity index (χ4n) is 1.30.